The van der Waals surface area contributed by atoms with Crippen molar-refractivity contribution >= 4 is 11.6 Å². The van der Waals surface area contributed by atoms with Crippen LogP contribution < -0.4 is 10.1 Å². The van der Waals surface area contributed by atoms with E-state index in [1.165, 1.54) is 5.56 Å². The van der Waals surface area contributed by atoms with Gasteiger partial charge in [0.05, 0.1) is 7.11 Å². The van der Waals surface area contributed by atoms with Gasteiger partial charge >= 0.3 is 0 Å². The number of rotatable bonds is 3. The molecule has 0 spiro atoms. The Morgan fingerprint density at radius 1 is 1.08 bits per heavy atom. The smallest absolute Gasteiger partial charge is 0.248 e. The molecule has 0 saturated carbocycles. The van der Waals surface area contributed by atoms with Crippen LogP contribution in [0.15, 0.2) is 54.6 Å². The second-order valence-electron chi connectivity index (χ2n) is 5.71. The Kier molecular flexibility index (Phi) is 3.49. The van der Waals surface area contributed by atoms with E-state index in [2.05, 4.69) is 58.1 Å². The van der Waals surface area contributed by atoms with Gasteiger partial charge in [-0.3, -0.25) is 0 Å². The highest BCUT2D eigenvalue weighted by molar-refractivity contribution is 5.77. The summed E-state index contributed by atoms with van der Waals surface area (Å²) in [6.45, 7) is 2.07. The molecule has 0 bridgehead atoms. The molecule has 1 aliphatic heterocycles. The number of aromatic nitrogens is 4. The highest BCUT2D eigenvalue weighted by Crippen LogP contribution is 2.35. The van der Waals surface area contributed by atoms with Crippen LogP contribution in [0.3, 0.4) is 0 Å². The molecule has 0 amide bonds. The number of hydrogen-bond acceptors (Lipinski definition) is 5. The summed E-state index contributed by atoms with van der Waals surface area (Å²) in [5.41, 5.74) is 4.31. The van der Waals surface area contributed by atoms with Crippen LogP contribution in [0.2, 0.25) is 0 Å². The lowest BCUT2D eigenvalue weighted by Gasteiger charge is -2.24. The molecule has 0 radical (unpaired) electrons. The first-order valence-electron chi connectivity index (χ1n) is 7.73. The molecule has 4 rings (SSSR count). The standard InChI is InChI=1S/C18H17N5O/c1-12-7-9-13(10-8-12)15-11-16(23-18(19-15)20-21-22-23)14-5-3-4-6-17(14)24-2/h3-11,16H,1-2H3,(H,19,20,22)/t16-/m1/s1. The van der Waals surface area contributed by atoms with Crippen molar-refractivity contribution in [1.82, 2.24) is 20.2 Å². The zero-order chi connectivity index (χ0) is 16.5. The molecule has 0 saturated heterocycles. The third kappa shape index (κ3) is 2.42. The fourth-order valence-electron chi connectivity index (χ4n) is 2.89. The van der Waals surface area contributed by atoms with Crippen LogP contribution in [0.4, 0.5) is 5.95 Å². The number of benzene rings is 2. The molecular formula is C18H17N5O. The van der Waals surface area contributed by atoms with Gasteiger partial charge in [0.15, 0.2) is 0 Å². The lowest BCUT2D eigenvalue weighted by molar-refractivity contribution is 0.403. The van der Waals surface area contributed by atoms with Crippen molar-refractivity contribution in [2.24, 2.45) is 0 Å². The predicted octanol–water partition coefficient (Wildman–Crippen LogP) is 3.05. The minimum atomic E-state index is -0.135. The van der Waals surface area contributed by atoms with E-state index >= 15 is 0 Å². The fourth-order valence-corrected chi connectivity index (χ4v) is 2.89. The first-order chi connectivity index (χ1) is 11.8. The second kappa shape index (κ2) is 5.81. The molecule has 2 heterocycles. The van der Waals surface area contributed by atoms with E-state index in [1.54, 1.807) is 11.8 Å². The van der Waals surface area contributed by atoms with Crippen LogP contribution in [0.5, 0.6) is 5.75 Å². The molecule has 24 heavy (non-hydrogen) atoms. The zero-order valence-corrected chi connectivity index (χ0v) is 13.5. The number of anilines is 1. The molecule has 1 N–H and O–H groups in total. The number of allylic oxidation sites excluding steroid dienone is 1. The van der Waals surface area contributed by atoms with Gasteiger partial charge in [-0.25, -0.2) is 0 Å². The molecule has 1 atom stereocenters. The van der Waals surface area contributed by atoms with Crippen molar-refractivity contribution in [2.45, 2.75) is 13.0 Å². The van der Waals surface area contributed by atoms with Crippen molar-refractivity contribution in [3.8, 4) is 5.75 Å². The largest absolute Gasteiger partial charge is 0.496 e. The summed E-state index contributed by atoms with van der Waals surface area (Å²) in [7, 11) is 1.67. The van der Waals surface area contributed by atoms with Gasteiger partial charge in [-0.15, -0.1) is 0 Å². The van der Waals surface area contributed by atoms with Crippen LogP contribution in [0.25, 0.3) is 5.70 Å². The van der Waals surface area contributed by atoms with E-state index in [-0.39, 0.29) is 6.04 Å². The average Bonchev–Trinajstić information content (AvgIpc) is 3.10. The number of fused-ring (bicyclic) bond motifs is 1. The molecule has 6 heteroatoms. The number of nitrogens with one attached hydrogen (secondary N) is 1. The van der Waals surface area contributed by atoms with Gasteiger partial charge in [0.2, 0.25) is 5.95 Å². The summed E-state index contributed by atoms with van der Waals surface area (Å²) in [6, 6.07) is 16.1. The van der Waals surface area contributed by atoms with E-state index in [0.29, 0.717) is 5.95 Å². The van der Waals surface area contributed by atoms with Crippen molar-refractivity contribution in [3.05, 3.63) is 71.3 Å². The third-order valence-electron chi connectivity index (χ3n) is 4.15. The summed E-state index contributed by atoms with van der Waals surface area (Å²) in [6.07, 6.45) is 2.12. The normalized spacial score (nSPS) is 16.1. The van der Waals surface area contributed by atoms with Gasteiger partial charge in [-0.2, -0.15) is 4.68 Å². The lowest BCUT2D eigenvalue weighted by atomic mass is 10.0. The summed E-state index contributed by atoms with van der Waals surface area (Å²) >= 11 is 0. The molecular weight excluding hydrogens is 302 g/mol. The molecule has 120 valence electrons. The maximum atomic E-state index is 5.52. The molecule has 0 aliphatic carbocycles. The van der Waals surface area contributed by atoms with Crippen molar-refractivity contribution in [3.63, 3.8) is 0 Å². The summed E-state index contributed by atoms with van der Waals surface area (Å²) in [5, 5.41) is 15.3. The van der Waals surface area contributed by atoms with Crippen molar-refractivity contribution in [1.29, 1.82) is 0 Å². The van der Waals surface area contributed by atoms with Crippen LogP contribution in [0, 0.1) is 6.92 Å². The van der Waals surface area contributed by atoms with E-state index in [4.69, 9.17) is 4.74 Å². The summed E-state index contributed by atoms with van der Waals surface area (Å²) in [5.74, 6) is 1.43. The number of aryl methyl sites for hydroxylation is 1. The summed E-state index contributed by atoms with van der Waals surface area (Å²) < 4.78 is 7.27. The molecule has 1 aromatic heterocycles. The minimum Gasteiger partial charge on any atom is -0.496 e. The quantitative estimate of drug-likeness (QED) is 0.804. The number of ether oxygens (including phenoxy) is 1. The lowest BCUT2D eigenvalue weighted by Crippen LogP contribution is -2.20. The van der Waals surface area contributed by atoms with Crippen molar-refractivity contribution in [2.75, 3.05) is 12.4 Å². The molecule has 0 unspecified atom stereocenters. The number of methoxy groups -OCH3 is 1. The average molecular weight is 319 g/mol. The second-order valence-corrected chi connectivity index (χ2v) is 5.71. The van der Waals surface area contributed by atoms with Gasteiger partial charge in [0, 0.05) is 11.3 Å². The van der Waals surface area contributed by atoms with Crippen LogP contribution in [-0.2, 0) is 0 Å². The zero-order valence-electron chi connectivity index (χ0n) is 13.5. The Balaban J connectivity index is 1.83. The van der Waals surface area contributed by atoms with E-state index < -0.39 is 0 Å². The number of tetrazole rings is 1. The van der Waals surface area contributed by atoms with Gasteiger partial charge < -0.3 is 10.1 Å². The Bertz CT molecular complexity index is 898. The number of para-hydroxylation sites is 1. The monoisotopic (exact) mass is 319 g/mol. The van der Waals surface area contributed by atoms with Crippen LogP contribution in [-0.4, -0.2) is 27.3 Å². The Morgan fingerprint density at radius 2 is 1.88 bits per heavy atom. The van der Waals surface area contributed by atoms with Crippen LogP contribution in [0.1, 0.15) is 22.7 Å². The highest BCUT2D eigenvalue weighted by atomic mass is 16.5. The number of nitrogens with zero attached hydrogens (tertiary/aromatic N) is 4. The Labute approximate surface area is 139 Å². The molecule has 3 aromatic rings. The molecule has 2 aromatic carbocycles. The van der Waals surface area contributed by atoms with Gasteiger partial charge in [0.25, 0.3) is 0 Å². The van der Waals surface area contributed by atoms with E-state index in [0.717, 1.165) is 22.6 Å². The molecule has 6 nitrogen and oxygen atoms in total. The third-order valence-corrected chi connectivity index (χ3v) is 4.15. The molecule has 0 fully saturated rings. The topological polar surface area (TPSA) is 64.9 Å². The minimum absolute atomic E-state index is 0.135. The first-order valence-corrected chi connectivity index (χ1v) is 7.73. The molecule has 1 aliphatic rings. The Hall–Kier alpha value is -3.15. The van der Waals surface area contributed by atoms with E-state index in [1.807, 2.05) is 24.3 Å². The number of hydrogen-bond donors (Lipinski definition) is 1. The van der Waals surface area contributed by atoms with Crippen LogP contribution >= 0.6 is 0 Å². The maximum absolute atomic E-state index is 5.52. The maximum Gasteiger partial charge on any atom is 0.248 e. The first kappa shape index (κ1) is 14.4. The van der Waals surface area contributed by atoms with Crippen molar-refractivity contribution < 1.29 is 4.74 Å². The van der Waals surface area contributed by atoms with Gasteiger partial charge in [-0.1, -0.05) is 53.1 Å². The SMILES string of the molecule is COc1ccccc1[C@H]1C=C(c2ccc(C)cc2)Nc2nnnn21. The van der Waals surface area contributed by atoms with Gasteiger partial charge in [0.1, 0.15) is 11.8 Å². The predicted molar refractivity (Wildman–Crippen MR) is 91.7 cm³/mol. The van der Waals surface area contributed by atoms with Gasteiger partial charge in [-0.05, 0) is 35.1 Å². The Morgan fingerprint density at radius 3 is 2.67 bits per heavy atom. The highest BCUT2D eigenvalue weighted by Gasteiger charge is 2.26. The summed E-state index contributed by atoms with van der Waals surface area (Å²) in [4.78, 5) is 0. The van der Waals surface area contributed by atoms with E-state index in [9.17, 15) is 0 Å². The fraction of sp³-hybridized carbons (Fsp3) is 0.167.